The van der Waals surface area contributed by atoms with Crippen molar-refractivity contribution in [2.24, 2.45) is 10.9 Å². The molecule has 0 N–H and O–H groups in total. The summed E-state index contributed by atoms with van der Waals surface area (Å²) < 4.78 is 9.33. The Kier molecular flexibility index (Phi) is 5.33. The summed E-state index contributed by atoms with van der Waals surface area (Å²) in [6.07, 6.45) is 0.776. The number of methoxy groups -OCH3 is 1. The SMILES string of the molecule is COc1ccc(C[n+]2c(C)c(C)n3c2N=C2C3C(=O)N(CCC(C)C)C(=O)N2C)cc1. The summed E-state index contributed by atoms with van der Waals surface area (Å²) in [7, 11) is 3.35. The number of aliphatic imine (C=N–C) groups is 1. The average molecular weight is 425 g/mol. The predicted molar refractivity (Wildman–Crippen MR) is 117 cm³/mol. The van der Waals surface area contributed by atoms with E-state index < -0.39 is 6.04 Å². The van der Waals surface area contributed by atoms with Crippen LogP contribution >= 0.6 is 0 Å². The van der Waals surface area contributed by atoms with Crippen LogP contribution in [-0.2, 0) is 11.3 Å². The number of carbonyl (C=O) groups excluding carboxylic acids is 2. The lowest BCUT2D eigenvalue weighted by molar-refractivity contribution is -0.680. The van der Waals surface area contributed by atoms with Crippen molar-refractivity contribution in [1.29, 1.82) is 0 Å². The molecule has 31 heavy (non-hydrogen) atoms. The maximum atomic E-state index is 13.4. The van der Waals surface area contributed by atoms with E-state index in [4.69, 9.17) is 9.73 Å². The van der Waals surface area contributed by atoms with E-state index in [0.29, 0.717) is 30.8 Å². The van der Waals surface area contributed by atoms with Crippen LogP contribution < -0.4 is 9.30 Å². The molecule has 1 fully saturated rings. The molecule has 164 valence electrons. The maximum Gasteiger partial charge on any atom is 0.402 e. The highest BCUT2D eigenvalue weighted by Crippen LogP contribution is 2.35. The molecule has 1 aromatic heterocycles. The van der Waals surface area contributed by atoms with Gasteiger partial charge in [-0.3, -0.25) is 14.6 Å². The third-order valence-electron chi connectivity index (χ3n) is 6.26. The first-order chi connectivity index (χ1) is 14.7. The molecule has 8 nitrogen and oxygen atoms in total. The molecule has 4 rings (SSSR count). The van der Waals surface area contributed by atoms with E-state index >= 15 is 0 Å². The lowest BCUT2D eigenvalue weighted by Gasteiger charge is -2.33. The number of likely N-dealkylation sites (N-methyl/N-ethyl adjacent to an activating group) is 1. The zero-order chi connectivity index (χ0) is 22.4. The number of carbonyl (C=O) groups is 2. The third kappa shape index (κ3) is 3.40. The number of imide groups is 1. The van der Waals surface area contributed by atoms with Gasteiger partial charge in [-0.1, -0.05) is 31.0 Å². The van der Waals surface area contributed by atoms with E-state index in [-0.39, 0.29) is 11.9 Å². The summed E-state index contributed by atoms with van der Waals surface area (Å²) in [6.45, 7) is 9.26. The molecule has 2 aliphatic heterocycles. The number of benzene rings is 1. The fourth-order valence-electron chi connectivity index (χ4n) is 4.20. The van der Waals surface area contributed by atoms with E-state index in [1.165, 1.54) is 9.80 Å². The second kappa shape index (κ2) is 7.83. The topological polar surface area (TPSA) is 71.0 Å². The molecule has 0 bridgehead atoms. The molecule has 0 spiro atoms. The zero-order valence-electron chi connectivity index (χ0n) is 19.0. The fraction of sp³-hybridized carbons (Fsp3) is 0.478. The number of imidazole rings is 1. The van der Waals surface area contributed by atoms with Crippen molar-refractivity contribution >= 4 is 23.7 Å². The Morgan fingerprint density at radius 3 is 2.45 bits per heavy atom. The predicted octanol–water partition coefficient (Wildman–Crippen LogP) is 2.97. The van der Waals surface area contributed by atoms with Crippen molar-refractivity contribution in [1.82, 2.24) is 14.4 Å². The van der Waals surface area contributed by atoms with Gasteiger partial charge in [-0.25, -0.2) is 13.9 Å². The number of aromatic nitrogens is 2. The van der Waals surface area contributed by atoms with Gasteiger partial charge in [-0.05, 0) is 43.9 Å². The molecule has 2 aliphatic rings. The van der Waals surface area contributed by atoms with Gasteiger partial charge in [-0.2, -0.15) is 0 Å². The van der Waals surface area contributed by atoms with Gasteiger partial charge in [0.1, 0.15) is 17.1 Å². The number of ether oxygens (including phenoxy) is 1. The number of fused-ring (bicyclic) bond motifs is 3. The summed E-state index contributed by atoms with van der Waals surface area (Å²) >= 11 is 0. The monoisotopic (exact) mass is 424 g/mol. The first-order valence-electron chi connectivity index (χ1n) is 10.7. The van der Waals surface area contributed by atoms with Crippen LogP contribution in [0.25, 0.3) is 0 Å². The van der Waals surface area contributed by atoms with Crippen LogP contribution in [0.3, 0.4) is 0 Å². The third-order valence-corrected chi connectivity index (χ3v) is 6.26. The minimum Gasteiger partial charge on any atom is -0.497 e. The Labute approximate surface area is 182 Å². The molecule has 2 aromatic rings. The lowest BCUT2D eigenvalue weighted by atomic mass is 10.1. The van der Waals surface area contributed by atoms with Gasteiger partial charge in [0.05, 0.1) is 13.7 Å². The quantitative estimate of drug-likeness (QED) is 0.670. The molecular weight excluding hydrogens is 394 g/mol. The zero-order valence-corrected chi connectivity index (χ0v) is 19.0. The molecule has 3 amide bonds. The van der Waals surface area contributed by atoms with Crippen molar-refractivity contribution in [2.45, 2.75) is 46.7 Å². The smallest absolute Gasteiger partial charge is 0.402 e. The Morgan fingerprint density at radius 1 is 1.16 bits per heavy atom. The highest BCUT2D eigenvalue weighted by atomic mass is 16.5. The maximum absolute atomic E-state index is 13.4. The molecule has 1 unspecified atom stereocenters. The Hall–Kier alpha value is -3.16. The first kappa shape index (κ1) is 21.1. The number of urea groups is 1. The minimum atomic E-state index is -0.597. The first-order valence-corrected chi connectivity index (χ1v) is 10.7. The fourth-order valence-corrected chi connectivity index (χ4v) is 4.20. The summed E-state index contributed by atoms with van der Waals surface area (Å²) in [5.41, 5.74) is 3.13. The van der Waals surface area contributed by atoms with E-state index in [1.807, 2.05) is 42.7 Å². The lowest BCUT2D eigenvalue weighted by Crippen LogP contribution is -2.58. The molecule has 3 heterocycles. The van der Waals surface area contributed by atoms with Gasteiger partial charge in [0.25, 0.3) is 5.91 Å². The number of hydrogen-bond donors (Lipinski definition) is 0. The molecule has 1 atom stereocenters. The highest BCUT2D eigenvalue weighted by molar-refractivity contribution is 6.20. The minimum absolute atomic E-state index is 0.198. The molecule has 0 radical (unpaired) electrons. The Morgan fingerprint density at radius 2 is 1.84 bits per heavy atom. The van der Waals surface area contributed by atoms with Gasteiger partial charge in [0.15, 0.2) is 0 Å². The number of amides is 3. The number of hydrogen-bond acceptors (Lipinski definition) is 4. The van der Waals surface area contributed by atoms with Gasteiger partial charge in [0, 0.05) is 13.6 Å². The molecule has 0 aliphatic carbocycles. The molecule has 1 aromatic carbocycles. The van der Waals surface area contributed by atoms with Crippen LogP contribution in [0.1, 0.15) is 43.3 Å². The summed E-state index contributed by atoms with van der Waals surface area (Å²) in [6, 6.07) is 7.01. The number of amidine groups is 1. The second-order valence-corrected chi connectivity index (χ2v) is 8.66. The standard InChI is InChI=1S/C23H30N5O3/c1-14(2)11-12-26-21(29)19-20(25(5)23(26)30)24-22-27(15(3)16(4)28(19)22)13-17-7-9-18(31-6)10-8-17/h7-10,14,19H,11-13H2,1-6H3/q+1. The van der Waals surface area contributed by atoms with Crippen molar-refractivity contribution in [3.05, 3.63) is 41.2 Å². The number of nitrogens with zero attached hydrogens (tertiary/aromatic N) is 5. The largest absolute Gasteiger partial charge is 0.497 e. The van der Waals surface area contributed by atoms with Gasteiger partial charge in [0.2, 0.25) is 11.9 Å². The van der Waals surface area contributed by atoms with Crippen LogP contribution in [-0.4, -0.2) is 52.8 Å². The molecular formula is C23H30N5O3+. The van der Waals surface area contributed by atoms with Crippen molar-refractivity contribution in [2.75, 3.05) is 20.7 Å². The van der Waals surface area contributed by atoms with Crippen LogP contribution in [0.4, 0.5) is 10.7 Å². The van der Waals surface area contributed by atoms with Crippen LogP contribution in [0.5, 0.6) is 5.75 Å². The van der Waals surface area contributed by atoms with E-state index in [0.717, 1.165) is 29.1 Å². The normalized spacial score (nSPS) is 17.9. The van der Waals surface area contributed by atoms with E-state index in [2.05, 4.69) is 18.4 Å². The van der Waals surface area contributed by atoms with Gasteiger partial charge >= 0.3 is 12.0 Å². The molecule has 1 saturated heterocycles. The second-order valence-electron chi connectivity index (χ2n) is 8.66. The molecule has 8 heteroatoms. The van der Waals surface area contributed by atoms with E-state index in [1.54, 1.807) is 14.2 Å². The highest BCUT2D eigenvalue weighted by Gasteiger charge is 2.53. The average Bonchev–Trinajstić information content (AvgIpc) is 3.24. The summed E-state index contributed by atoms with van der Waals surface area (Å²) in [5.74, 6) is 2.21. The Bertz CT molecular complexity index is 1070. The van der Waals surface area contributed by atoms with Crippen LogP contribution in [0.15, 0.2) is 29.3 Å². The van der Waals surface area contributed by atoms with Crippen molar-refractivity contribution in [3.8, 4) is 5.75 Å². The van der Waals surface area contributed by atoms with Crippen LogP contribution in [0, 0.1) is 19.8 Å². The van der Waals surface area contributed by atoms with E-state index in [9.17, 15) is 9.59 Å². The van der Waals surface area contributed by atoms with Crippen molar-refractivity contribution in [3.63, 3.8) is 0 Å². The molecule has 0 saturated carbocycles. The van der Waals surface area contributed by atoms with Gasteiger partial charge in [-0.15, -0.1) is 0 Å². The number of rotatable bonds is 6. The summed E-state index contributed by atoms with van der Waals surface area (Å²) in [4.78, 5) is 33.9. The van der Waals surface area contributed by atoms with Crippen molar-refractivity contribution < 1.29 is 18.9 Å². The summed E-state index contributed by atoms with van der Waals surface area (Å²) in [5, 5.41) is 0. The van der Waals surface area contributed by atoms with Gasteiger partial charge < -0.3 is 4.74 Å². The Balaban J connectivity index is 1.72. The van der Waals surface area contributed by atoms with Crippen LogP contribution in [0.2, 0.25) is 0 Å².